The van der Waals surface area contributed by atoms with Gasteiger partial charge in [0, 0.05) is 22.9 Å². The fourth-order valence-electron chi connectivity index (χ4n) is 3.48. The second-order valence-corrected chi connectivity index (χ2v) is 6.40. The number of hydrogen-bond acceptors (Lipinski definition) is 3. The Labute approximate surface area is 124 Å². The van der Waals surface area contributed by atoms with E-state index >= 15 is 0 Å². The number of nitrogens with one attached hydrogen (secondary N) is 1. The second-order valence-electron chi connectivity index (χ2n) is 5.97. The Morgan fingerprint density at radius 2 is 2.20 bits per heavy atom. The summed E-state index contributed by atoms with van der Waals surface area (Å²) in [6.45, 7) is 2.09. The highest BCUT2D eigenvalue weighted by Crippen LogP contribution is 2.59. The van der Waals surface area contributed by atoms with Gasteiger partial charge in [0.15, 0.2) is 0 Å². The topological polar surface area (TPSA) is 38.3 Å². The standard InChI is InChI=1S/C16H20ClNO2/c1-20-15-3-2-12(17)8-11(15)9-14(19)13-10-16(13)4-6-18-7-5-16/h2-3,8,13,18H,4-7,9-10H2,1H3. The van der Waals surface area contributed by atoms with E-state index in [9.17, 15) is 4.79 Å². The van der Waals surface area contributed by atoms with Crippen LogP contribution in [-0.4, -0.2) is 26.0 Å². The van der Waals surface area contributed by atoms with E-state index in [0.717, 1.165) is 43.7 Å². The first kappa shape index (κ1) is 13.9. The van der Waals surface area contributed by atoms with Crippen molar-refractivity contribution in [2.45, 2.75) is 25.7 Å². The van der Waals surface area contributed by atoms with Crippen LogP contribution in [0.3, 0.4) is 0 Å². The number of methoxy groups -OCH3 is 1. The lowest BCUT2D eigenvalue weighted by atomic mass is 9.89. The minimum absolute atomic E-state index is 0.244. The summed E-state index contributed by atoms with van der Waals surface area (Å²) in [5.74, 6) is 1.34. The first-order chi connectivity index (χ1) is 9.64. The first-order valence-electron chi connectivity index (χ1n) is 7.20. The highest BCUT2D eigenvalue weighted by atomic mass is 35.5. The van der Waals surface area contributed by atoms with E-state index in [1.165, 1.54) is 0 Å². The van der Waals surface area contributed by atoms with Crippen molar-refractivity contribution in [1.82, 2.24) is 5.32 Å². The number of carbonyl (C=O) groups is 1. The zero-order chi connectivity index (χ0) is 14.2. The zero-order valence-corrected chi connectivity index (χ0v) is 12.5. The molecule has 108 valence electrons. The second kappa shape index (κ2) is 5.38. The Kier molecular flexibility index (Phi) is 3.74. The van der Waals surface area contributed by atoms with Crippen molar-refractivity contribution in [3.05, 3.63) is 28.8 Å². The molecular formula is C16H20ClNO2. The molecule has 1 unspecified atom stereocenters. The molecule has 1 aromatic rings. The highest BCUT2D eigenvalue weighted by molar-refractivity contribution is 6.30. The summed E-state index contributed by atoms with van der Waals surface area (Å²) in [4.78, 5) is 12.5. The Morgan fingerprint density at radius 1 is 1.45 bits per heavy atom. The van der Waals surface area contributed by atoms with Crippen molar-refractivity contribution < 1.29 is 9.53 Å². The molecule has 1 heterocycles. The van der Waals surface area contributed by atoms with E-state index in [-0.39, 0.29) is 5.92 Å². The molecule has 1 saturated heterocycles. The quantitative estimate of drug-likeness (QED) is 0.928. The number of Topliss-reactive ketones (excluding diaryl/α,β-unsaturated/α-hetero) is 1. The van der Waals surface area contributed by atoms with Gasteiger partial charge in [-0.1, -0.05) is 11.6 Å². The molecule has 0 amide bonds. The van der Waals surface area contributed by atoms with Crippen LogP contribution < -0.4 is 10.1 Å². The molecule has 3 nitrogen and oxygen atoms in total. The summed E-state index contributed by atoms with van der Waals surface area (Å²) in [5.41, 5.74) is 1.20. The number of ketones is 1. The third-order valence-electron chi connectivity index (χ3n) is 4.78. The van der Waals surface area contributed by atoms with Gasteiger partial charge < -0.3 is 10.1 Å². The van der Waals surface area contributed by atoms with Gasteiger partial charge in [-0.15, -0.1) is 0 Å². The van der Waals surface area contributed by atoms with E-state index in [0.29, 0.717) is 22.6 Å². The molecule has 0 bridgehead atoms. The predicted octanol–water partition coefficient (Wildman–Crippen LogP) is 2.85. The van der Waals surface area contributed by atoms with Crippen molar-refractivity contribution in [3.63, 3.8) is 0 Å². The minimum Gasteiger partial charge on any atom is -0.496 e. The molecule has 1 aliphatic heterocycles. The minimum atomic E-state index is 0.244. The molecule has 0 radical (unpaired) electrons. The maximum atomic E-state index is 12.5. The Morgan fingerprint density at radius 3 is 2.90 bits per heavy atom. The Balaban J connectivity index is 1.69. The molecule has 3 rings (SSSR count). The molecule has 2 fully saturated rings. The van der Waals surface area contributed by atoms with Crippen LogP contribution >= 0.6 is 11.6 Å². The molecule has 1 aromatic carbocycles. The largest absolute Gasteiger partial charge is 0.496 e. The number of benzene rings is 1. The fourth-order valence-corrected chi connectivity index (χ4v) is 3.67. The van der Waals surface area contributed by atoms with Crippen molar-refractivity contribution in [1.29, 1.82) is 0 Å². The third kappa shape index (κ3) is 2.57. The van der Waals surface area contributed by atoms with Crippen molar-refractivity contribution >= 4 is 17.4 Å². The number of ether oxygens (including phenoxy) is 1. The van der Waals surface area contributed by atoms with E-state index < -0.39 is 0 Å². The van der Waals surface area contributed by atoms with Crippen LogP contribution in [0.1, 0.15) is 24.8 Å². The predicted molar refractivity (Wildman–Crippen MR) is 79.4 cm³/mol. The molecule has 0 aromatic heterocycles. The van der Waals surface area contributed by atoms with Gasteiger partial charge in [0.2, 0.25) is 0 Å². The third-order valence-corrected chi connectivity index (χ3v) is 5.02. The van der Waals surface area contributed by atoms with E-state index in [2.05, 4.69) is 5.32 Å². The van der Waals surface area contributed by atoms with Gasteiger partial charge in [-0.25, -0.2) is 0 Å². The van der Waals surface area contributed by atoms with Crippen molar-refractivity contribution in [3.8, 4) is 5.75 Å². The Hall–Kier alpha value is -1.06. The first-order valence-corrected chi connectivity index (χ1v) is 7.58. The number of halogens is 1. The normalized spacial score (nSPS) is 23.6. The smallest absolute Gasteiger partial charge is 0.141 e. The van der Waals surface area contributed by atoms with Gasteiger partial charge in [-0.2, -0.15) is 0 Å². The van der Waals surface area contributed by atoms with Crippen molar-refractivity contribution in [2.75, 3.05) is 20.2 Å². The number of rotatable bonds is 4. The molecule has 1 atom stereocenters. The average Bonchev–Trinajstić information content (AvgIpc) is 3.13. The monoisotopic (exact) mass is 293 g/mol. The highest BCUT2D eigenvalue weighted by Gasteiger charge is 2.56. The molecule has 20 heavy (non-hydrogen) atoms. The van der Waals surface area contributed by atoms with Crippen LogP contribution in [0, 0.1) is 11.3 Å². The maximum Gasteiger partial charge on any atom is 0.141 e. The van der Waals surface area contributed by atoms with E-state index in [1.807, 2.05) is 12.1 Å². The van der Waals surface area contributed by atoms with Gasteiger partial charge in [-0.3, -0.25) is 4.79 Å². The van der Waals surface area contributed by atoms with Gasteiger partial charge in [0.1, 0.15) is 11.5 Å². The van der Waals surface area contributed by atoms with Crippen LogP contribution in [0.15, 0.2) is 18.2 Å². The van der Waals surface area contributed by atoms with Gasteiger partial charge in [-0.05, 0) is 56.0 Å². The number of piperidine rings is 1. The average molecular weight is 294 g/mol. The lowest BCUT2D eigenvalue weighted by Crippen LogP contribution is -2.31. The molecule has 1 N–H and O–H groups in total. The van der Waals surface area contributed by atoms with Gasteiger partial charge >= 0.3 is 0 Å². The van der Waals surface area contributed by atoms with Crippen LogP contribution in [0.25, 0.3) is 0 Å². The fraction of sp³-hybridized carbons (Fsp3) is 0.562. The summed E-state index contributed by atoms with van der Waals surface area (Å²) in [5, 5.41) is 4.02. The van der Waals surface area contributed by atoms with Gasteiger partial charge in [0.05, 0.1) is 7.11 Å². The summed E-state index contributed by atoms with van der Waals surface area (Å²) in [7, 11) is 1.63. The van der Waals surface area contributed by atoms with E-state index in [1.54, 1.807) is 13.2 Å². The summed E-state index contributed by atoms with van der Waals surface area (Å²) in [6.07, 6.45) is 3.77. The Bertz CT molecular complexity index is 523. The van der Waals surface area contributed by atoms with Crippen LogP contribution in [0.4, 0.5) is 0 Å². The lowest BCUT2D eigenvalue weighted by Gasteiger charge is -2.23. The molecule has 1 spiro atoms. The molecule has 2 aliphatic rings. The summed E-state index contributed by atoms with van der Waals surface area (Å²) < 4.78 is 5.32. The lowest BCUT2D eigenvalue weighted by molar-refractivity contribution is -0.120. The molecule has 4 heteroatoms. The number of carbonyl (C=O) groups excluding carboxylic acids is 1. The van der Waals surface area contributed by atoms with Crippen LogP contribution in [0.2, 0.25) is 5.02 Å². The SMILES string of the molecule is COc1ccc(Cl)cc1CC(=O)C1CC12CCNCC2. The van der Waals surface area contributed by atoms with Crippen LogP contribution in [0.5, 0.6) is 5.75 Å². The maximum absolute atomic E-state index is 12.5. The van der Waals surface area contributed by atoms with Crippen LogP contribution in [-0.2, 0) is 11.2 Å². The number of hydrogen-bond donors (Lipinski definition) is 1. The van der Waals surface area contributed by atoms with Gasteiger partial charge in [0.25, 0.3) is 0 Å². The summed E-state index contributed by atoms with van der Waals surface area (Å²) in [6, 6.07) is 5.47. The van der Waals surface area contributed by atoms with Crippen molar-refractivity contribution in [2.24, 2.45) is 11.3 Å². The zero-order valence-electron chi connectivity index (χ0n) is 11.7. The van der Waals surface area contributed by atoms with E-state index in [4.69, 9.17) is 16.3 Å². The summed E-state index contributed by atoms with van der Waals surface area (Å²) >= 11 is 6.02. The molecule has 1 aliphatic carbocycles. The molecule has 1 saturated carbocycles. The molecular weight excluding hydrogens is 274 g/mol.